The molecule has 3 aromatic rings. The summed E-state index contributed by atoms with van der Waals surface area (Å²) in [6.45, 7) is 1.87. The van der Waals surface area contributed by atoms with Crippen molar-refractivity contribution in [2.24, 2.45) is 0 Å². The Kier molecular flexibility index (Phi) is 3.74. The van der Waals surface area contributed by atoms with E-state index in [1.54, 1.807) is 6.20 Å². The Morgan fingerprint density at radius 3 is 2.91 bits per heavy atom. The first kappa shape index (κ1) is 14.6. The SMILES string of the molecule is OCc1nc2cnc3[nH]ccc3c2n1C1CCN(CCF)CC1. The van der Waals surface area contributed by atoms with Crippen LogP contribution in [0.15, 0.2) is 18.5 Å². The second kappa shape index (κ2) is 5.90. The fraction of sp³-hybridized carbons (Fsp3) is 0.500. The van der Waals surface area contributed by atoms with E-state index in [4.69, 9.17) is 0 Å². The maximum atomic E-state index is 12.5. The maximum absolute atomic E-state index is 12.5. The zero-order valence-corrected chi connectivity index (χ0v) is 12.9. The molecule has 1 aliphatic rings. The molecule has 0 amide bonds. The molecule has 0 bridgehead atoms. The minimum absolute atomic E-state index is 0.0920. The molecule has 0 saturated carbocycles. The number of nitrogens with zero attached hydrogens (tertiary/aromatic N) is 4. The van der Waals surface area contributed by atoms with Gasteiger partial charge >= 0.3 is 0 Å². The smallest absolute Gasteiger partial charge is 0.139 e. The molecule has 0 atom stereocenters. The third-order valence-corrected chi connectivity index (χ3v) is 4.77. The lowest BCUT2D eigenvalue weighted by molar-refractivity contribution is 0.170. The summed E-state index contributed by atoms with van der Waals surface area (Å²) in [5.74, 6) is 0.680. The van der Waals surface area contributed by atoms with Crippen molar-refractivity contribution in [1.29, 1.82) is 0 Å². The van der Waals surface area contributed by atoms with Crippen LogP contribution in [0, 0.1) is 0 Å². The topological polar surface area (TPSA) is 70.0 Å². The van der Waals surface area contributed by atoms with E-state index in [0.717, 1.165) is 48.0 Å². The highest BCUT2D eigenvalue weighted by Crippen LogP contribution is 2.32. The first-order valence-electron chi connectivity index (χ1n) is 8.04. The predicted molar refractivity (Wildman–Crippen MR) is 86.0 cm³/mol. The van der Waals surface area contributed by atoms with Gasteiger partial charge in [0.05, 0.1) is 11.7 Å². The summed E-state index contributed by atoms with van der Waals surface area (Å²) in [7, 11) is 0. The molecule has 6 nitrogen and oxygen atoms in total. The lowest BCUT2D eigenvalue weighted by atomic mass is 10.0. The molecule has 1 saturated heterocycles. The number of aromatic amines is 1. The fourth-order valence-electron chi connectivity index (χ4n) is 3.67. The third-order valence-electron chi connectivity index (χ3n) is 4.77. The summed E-state index contributed by atoms with van der Waals surface area (Å²) in [6.07, 6.45) is 5.50. The Morgan fingerprint density at radius 1 is 1.35 bits per heavy atom. The van der Waals surface area contributed by atoms with Crippen molar-refractivity contribution in [3.63, 3.8) is 0 Å². The van der Waals surface area contributed by atoms with Crippen LogP contribution in [0.2, 0.25) is 0 Å². The Labute approximate surface area is 132 Å². The molecule has 4 rings (SSSR count). The molecule has 7 heteroatoms. The van der Waals surface area contributed by atoms with Crippen molar-refractivity contribution in [2.45, 2.75) is 25.5 Å². The fourth-order valence-corrected chi connectivity index (χ4v) is 3.67. The van der Waals surface area contributed by atoms with Crippen molar-refractivity contribution in [1.82, 2.24) is 24.4 Å². The molecule has 122 valence electrons. The van der Waals surface area contributed by atoms with E-state index in [1.807, 2.05) is 12.3 Å². The summed E-state index contributed by atoms with van der Waals surface area (Å²) in [6, 6.07) is 2.28. The van der Waals surface area contributed by atoms with Gasteiger partial charge in [-0.05, 0) is 18.9 Å². The van der Waals surface area contributed by atoms with Crippen molar-refractivity contribution >= 4 is 22.1 Å². The average Bonchev–Trinajstić information content (AvgIpc) is 3.19. The summed E-state index contributed by atoms with van der Waals surface area (Å²) in [4.78, 5) is 14.2. The normalized spacial score (nSPS) is 17.5. The van der Waals surface area contributed by atoms with Crippen molar-refractivity contribution in [3.05, 3.63) is 24.3 Å². The van der Waals surface area contributed by atoms with Gasteiger partial charge in [-0.2, -0.15) is 0 Å². The van der Waals surface area contributed by atoms with Gasteiger partial charge in [0.1, 0.15) is 30.3 Å². The number of aliphatic hydroxyl groups excluding tert-OH is 1. The first-order valence-corrected chi connectivity index (χ1v) is 8.04. The highest BCUT2D eigenvalue weighted by Gasteiger charge is 2.25. The van der Waals surface area contributed by atoms with Gasteiger partial charge in [0.15, 0.2) is 0 Å². The number of pyridine rings is 1. The second-order valence-electron chi connectivity index (χ2n) is 6.05. The quantitative estimate of drug-likeness (QED) is 0.772. The molecule has 1 fully saturated rings. The number of aromatic nitrogens is 4. The Morgan fingerprint density at radius 2 is 2.17 bits per heavy atom. The zero-order chi connectivity index (χ0) is 15.8. The number of rotatable bonds is 4. The van der Waals surface area contributed by atoms with Crippen molar-refractivity contribution in [3.8, 4) is 0 Å². The summed E-state index contributed by atoms with van der Waals surface area (Å²) < 4.78 is 14.7. The van der Waals surface area contributed by atoms with E-state index in [-0.39, 0.29) is 19.3 Å². The maximum Gasteiger partial charge on any atom is 0.139 e. The molecule has 1 aliphatic heterocycles. The minimum atomic E-state index is -0.295. The van der Waals surface area contributed by atoms with Gasteiger partial charge in [-0.3, -0.25) is 0 Å². The number of hydrogen-bond acceptors (Lipinski definition) is 4. The molecule has 0 unspecified atom stereocenters. The molecule has 0 aromatic carbocycles. The van der Waals surface area contributed by atoms with E-state index in [1.165, 1.54) is 0 Å². The van der Waals surface area contributed by atoms with Gasteiger partial charge in [0.25, 0.3) is 0 Å². The van der Waals surface area contributed by atoms with Crippen molar-refractivity contribution in [2.75, 3.05) is 26.3 Å². The van der Waals surface area contributed by atoms with Crippen LogP contribution in [0.1, 0.15) is 24.7 Å². The lowest BCUT2D eigenvalue weighted by Crippen LogP contribution is -2.36. The third kappa shape index (κ3) is 2.40. The van der Waals surface area contributed by atoms with Crippen molar-refractivity contribution < 1.29 is 9.50 Å². The van der Waals surface area contributed by atoms with Gasteiger partial charge in [0, 0.05) is 37.3 Å². The summed E-state index contributed by atoms with van der Waals surface area (Å²) in [5.41, 5.74) is 2.68. The molecule has 3 aromatic heterocycles. The lowest BCUT2D eigenvalue weighted by Gasteiger charge is -2.33. The van der Waals surface area contributed by atoms with Gasteiger partial charge in [0.2, 0.25) is 0 Å². The number of H-pyrrole nitrogens is 1. The Hall–Kier alpha value is -1.99. The monoisotopic (exact) mass is 317 g/mol. The van der Waals surface area contributed by atoms with Gasteiger partial charge < -0.3 is 19.6 Å². The highest BCUT2D eigenvalue weighted by molar-refractivity contribution is 6.01. The first-order chi connectivity index (χ1) is 11.3. The largest absolute Gasteiger partial charge is 0.388 e. The highest BCUT2D eigenvalue weighted by atomic mass is 19.1. The average molecular weight is 317 g/mol. The zero-order valence-electron chi connectivity index (χ0n) is 12.9. The van der Waals surface area contributed by atoms with Crippen LogP contribution < -0.4 is 0 Å². The molecule has 23 heavy (non-hydrogen) atoms. The van der Waals surface area contributed by atoms with Gasteiger partial charge in [-0.15, -0.1) is 0 Å². The predicted octanol–water partition coefficient (Wildman–Crippen LogP) is 2.01. The van der Waals surface area contributed by atoms with Crippen LogP contribution in [-0.4, -0.2) is 55.8 Å². The van der Waals surface area contributed by atoms with E-state index in [0.29, 0.717) is 12.4 Å². The molecule has 2 N–H and O–H groups in total. The van der Waals surface area contributed by atoms with Crippen LogP contribution in [0.25, 0.3) is 22.1 Å². The molecular formula is C16H20FN5O. The number of likely N-dealkylation sites (tertiary alicyclic amines) is 1. The number of nitrogens with one attached hydrogen (secondary N) is 1. The molecule has 4 heterocycles. The van der Waals surface area contributed by atoms with Crippen LogP contribution in [0.4, 0.5) is 4.39 Å². The number of halogens is 1. The van der Waals surface area contributed by atoms with Crippen LogP contribution >= 0.6 is 0 Å². The van der Waals surface area contributed by atoms with E-state index < -0.39 is 0 Å². The van der Waals surface area contributed by atoms with E-state index in [2.05, 4.69) is 24.4 Å². The molecule has 0 spiro atoms. The number of piperidine rings is 1. The number of fused-ring (bicyclic) bond motifs is 3. The summed E-state index contributed by atoms with van der Waals surface area (Å²) in [5, 5.41) is 10.8. The molecule has 0 aliphatic carbocycles. The summed E-state index contributed by atoms with van der Waals surface area (Å²) >= 11 is 0. The number of aliphatic hydroxyl groups is 1. The van der Waals surface area contributed by atoms with E-state index >= 15 is 0 Å². The Balaban J connectivity index is 1.77. The number of imidazole rings is 1. The standard InChI is InChI=1S/C16H20FN5O/c17-4-8-21-6-2-11(3-7-21)22-14(10-23)20-13-9-19-16-12(15(13)22)1-5-18-16/h1,5,9,11,23H,2-4,6-8,10H2,(H,18,19). The second-order valence-corrected chi connectivity index (χ2v) is 6.05. The number of hydrogen-bond donors (Lipinski definition) is 2. The number of alkyl halides is 1. The van der Waals surface area contributed by atoms with Gasteiger partial charge in [-0.1, -0.05) is 0 Å². The minimum Gasteiger partial charge on any atom is -0.388 e. The van der Waals surface area contributed by atoms with Crippen LogP contribution in [0.3, 0.4) is 0 Å². The molecule has 0 radical (unpaired) electrons. The van der Waals surface area contributed by atoms with Gasteiger partial charge in [-0.25, -0.2) is 14.4 Å². The van der Waals surface area contributed by atoms with E-state index in [9.17, 15) is 9.50 Å². The Bertz CT molecular complexity index is 818. The molecular weight excluding hydrogens is 297 g/mol. The van der Waals surface area contributed by atoms with Crippen LogP contribution in [0.5, 0.6) is 0 Å². The van der Waals surface area contributed by atoms with Crippen LogP contribution in [-0.2, 0) is 6.61 Å².